The summed E-state index contributed by atoms with van der Waals surface area (Å²) in [5.74, 6) is 0.320. The van der Waals surface area contributed by atoms with Gasteiger partial charge in [0.05, 0.1) is 12.5 Å². The first-order chi connectivity index (χ1) is 9.72. The second kappa shape index (κ2) is 6.53. The lowest BCUT2D eigenvalue weighted by molar-refractivity contribution is -0.134. The first-order valence-corrected chi connectivity index (χ1v) is 6.50. The second-order valence-electron chi connectivity index (χ2n) is 4.38. The molecule has 0 fully saturated rings. The van der Waals surface area contributed by atoms with Crippen LogP contribution in [0.2, 0.25) is 0 Å². The Labute approximate surface area is 118 Å². The molecule has 20 heavy (non-hydrogen) atoms. The number of rotatable bonds is 4. The molecule has 0 spiro atoms. The van der Waals surface area contributed by atoms with Gasteiger partial charge in [0.1, 0.15) is 5.75 Å². The van der Waals surface area contributed by atoms with Gasteiger partial charge in [-0.3, -0.25) is 4.79 Å². The van der Waals surface area contributed by atoms with E-state index in [2.05, 4.69) is 6.07 Å². The number of hydrogen-bond acceptors (Lipinski definition) is 3. The van der Waals surface area contributed by atoms with Crippen LogP contribution in [0.4, 0.5) is 0 Å². The van der Waals surface area contributed by atoms with Crippen molar-refractivity contribution in [2.75, 3.05) is 0 Å². The van der Waals surface area contributed by atoms with E-state index in [0.29, 0.717) is 18.6 Å². The lowest BCUT2D eigenvalue weighted by Gasteiger charge is -2.05. The third kappa shape index (κ3) is 3.46. The van der Waals surface area contributed by atoms with Crippen molar-refractivity contribution in [1.82, 2.24) is 0 Å². The van der Waals surface area contributed by atoms with Crippen LogP contribution in [-0.2, 0) is 11.2 Å². The van der Waals surface area contributed by atoms with E-state index in [0.717, 1.165) is 16.7 Å². The molecule has 2 aromatic rings. The van der Waals surface area contributed by atoms with E-state index >= 15 is 0 Å². The van der Waals surface area contributed by atoms with E-state index in [9.17, 15) is 4.79 Å². The highest BCUT2D eigenvalue weighted by molar-refractivity contribution is 5.72. The predicted molar refractivity (Wildman–Crippen MR) is 77.1 cm³/mol. The summed E-state index contributed by atoms with van der Waals surface area (Å²) in [6, 6.07) is 17.4. The highest BCUT2D eigenvalue weighted by atomic mass is 16.5. The lowest BCUT2D eigenvalue weighted by Crippen LogP contribution is -2.05. The van der Waals surface area contributed by atoms with Crippen molar-refractivity contribution < 1.29 is 9.53 Å². The molecule has 100 valence electrons. The summed E-state index contributed by atoms with van der Waals surface area (Å²) in [6.45, 7) is 1.76. The van der Waals surface area contributed by atoms with Crippen molar-refractivity contribution in [3.63, 3.8) is 0 Å². The van der Waals surface area contributed by atoms with Gasteiger partial charge in [0.2, 0.25) is 0 Å². The number of ether oxygens (including phenoxy) is 1. The van der Waals surface area contributed by atoms with Gasteiger partial charge in [-0.15, -0.1) is 0 Å². The summed E-state index contributed by atoms with van der Waals surface area (Å²) >= 11 is 0. The third-order valence-corrected chi connectivity index (χ3v) is 2.95. The van der Waals surface area contributed by atoms with Crippen LogP contribution in [0.3, 0.4) is 0 Å². The van der Waals surface area contributed by atoms with Gasteiger partial charge >= 0.3 is 5.97 Å². The molecule has 0 saturated carbocycles. The van der Waals surface area contributed by atoms with Gasteiger partial charge < -0.3 is 4.74 Å². The largest absolute Gasteiger partial charge is 0.427 e. The number of esters is 1. The monoisotopic (exact) mass is 265 g/mol. The summed E-state index contributed by atoms with van der Waals surface area (Å²) in [5, 5.41) is 8.64. The molecule has 3 nitrogen and oxygen atoms in total. The van der Waals surface area contributed by atoms with E-state index in [-0.39, 0.29) is 5.97 Å². The average Bonchev–Trinajstić information content (AvgIpc) is 2.49. The van der Waals surface area contributed by atoms with Crippen molar-refractivity contribution in [2.24, 2.45) is 0 Å². The fraction of sp³-hybridized carbons (Fsp3) is 0.176. The molecule has 0 amide bonds. The van der Waals surface area contributed by atoms with Crippen LogP contribution in [0.15, 0.2) is 48.5 Å². The highest BCUT2D eigenvalue weighted by Gasteiger charge is 2.03. The molecule has 0 aromatic heterocycles. The topological polar surface area (TPSA) is 50.1 Å². The zero-order chi connectivity index (χ0) is 14.4. The van der Waals surface area contributed by atoms with Gasteiger partial charge in [0.25, 0.3) is 0 Å². The number of hydrogen-bond donors (Lipinski definition) is 0. The van der Waals surface area contributed by atoms with Gasteiger partial charge in [-0.2, -0.15) is 5.26 Å². The summed E-state index contributed by atoms with van der Waals surface area (Å²) in [5.41, 5.74) is 3.12. The Balaban J connectivity index is 2.13. The van der Waals surface area contributed by atoms with Gasteiger partial charge in [0.15, 0.2) is 0 Å². The smallest absolute Gasteiger partial charge is 0.310 e. The van der Waals surface area contributed by atoms with Crippen LogP contribution in [0.1, 0.15) is 18.9 Å². The zero-order valence-corrected chi connectivity index (χ0v) is 11.3. The molecular weight excluding hydrogens is 250 g/mol. The van der Waals surface area contributed by atoms with Crippen molar-refractivity contribution >= 4 is 5.97 Å². The standard InChI is InChI=1S/C17H15NO2/c1-2-17(19)20-16-9-7-15(8-10-16)14-5-3-13(4-6-14)11-12-18/h3-10H,2,11H2,1H3. The van der Waals surface area contributed by atoms with Crippen LogP contribution >= 0.6 is 0 Å². The SMILES string of the molecule is CCC(=O)Oc1ccc(-c2ccc(CC#N)cc2)cc1. The molecular formula is C17H15NO2. The summed E-state index contributed by atoms with van der Waals surface area (Å²) in [6.07, 6.45) is 0.786. The van der Waals surface area contributed by atoms with E-state index in [1.165, 1.54) is 0 Å². The number of nitrogens with zero attached hydrogens (tertiary/aromatic N) is 1. The average molecular weight is 265 g/mol. The van der Waals surface area contributed by atoms with Gasteiger partial charge in [-0.05, 0) is 28.8 Å². The number of nitriles is 1. The van der Waals surface area contributed by atoms with E-state index in [1.807, 2.05) is 36.4 Å². The molecule has 3 heteroatoms. The van der Waals surface area contributed by atoms with Crippen molar-refractivity contribution in [3.8, 4) is 22.9 Å². The fourth-order valence-electron chi connectivity index (χ4n) is 1.83. The summed E-state index contributed by atoms with van der Waals surface area (Å²) in [4.78, 5) is 11.2. The minimum absolute atomic E-state index is 0.237. The quantitative estimate of drug-likeness (QED) is 0.625. The van der Waals surface area contributed by atoms with Gasteiger partial charge in [-0.1, -0.05) is 43.3 Å². The molecule has 0 bridgehead atoms. The highest BCUT2D eigenvalue weighted by Crippen LogP contribution is 2.23. The molecule has 2 rings (SSSR count). The Morgan fingerprint density at radius 1 is 1.05 bits per heavy atom. The first kappa shape index (κ1) is 13.8. The first-order valence-electron chi connectivity index (χ1n) is 6.50. The number of benzene rings is 2. The normalized spacial score (nSPS) is 9.80. The molecule has 0 heterocycles. The van der Waals surface area contributed by atoms with Crippen LogP contribution in [-0.4, -0.2) is 5.97 Å². The summed E-state index contributed by atoms with van der Waals surface area (Å²) in [7, 11) is 0. The minimum atomic E-state index is -0.237. The zero-order valence-electron chi connectivity index (χ0n) is 11.3. The minimum Gasteiger partial charge on any atom is -0.427 e. The Hall–Kier alpha value is -2.60. The van der Waals surface area contributed by atoms with Gasteiger partial charge in [0, 0.05) is 6.42 Å². The van der Waals surface area contributed by atoms with Crippen molar-refractivity contribution in [1.29, 1.82) is 5.26 Å². The Morgan fingerprint density at radius 2 is 1.60 bits per heavy atom. The number of carbonyl (C=O) groups excluding carboxylic acids is 1. The fourth-order valence-corrected chi connectivity index (χ4v) is 1.83. The molecule has 2 aromatic carbocycles. The maximum Gasteiger partial charge on any atom is 0.310 e. The molecule has 0 atom stereocenters. The molecule has 0 saturated heterocycles. The molecule has 0 aliphatic rings. The molecule has 0 unspecified atom stereocenters. The maximum atomic E-state index is 11.2. The van der Waals surface area contributed by atoms with E-state index in [4.69, 9.17) is 10.00 Å². The maximum absolute atomic E-state index is 11.2. The summed E-state index contributed by atoms with van der Waals surface area (Å²) < 4.78 is 5.13. The van der Waals surface area contributed by atoms with Crippen LogP contribution in [0.5, 0.6) is 5.75 Å². The van der Waals surface area contributed by atoms with E-state index < -0.39 is 0 Å². The second-order valence-corrected chi connectivity index (χ2v) is 4.38. The molecule has 0 aliphatic heterocycles. The third-order valence-electron chi connectivity index (χ3n) is 2.95. The Morgan fingerprint density at radius 3 is 2.10 bits per heavy atom. The number of carbonyl (C=O) groups is 1. The van der Waals surface area contributed by atoms with Crippen molar-refractivity contribution in [3.05, 3.63) is 54.1 Å². The van der Waals surface area contributed by atoms with Crippen LogP contribution in [0.25, 0.3) is 11.1 Å². The van der Waals surface area contributed by atoms with Crippen LogP contribution in [0, 0.1) is 11.3 Å². The Bertz CT molecular complexity index is 622. The molecule has 0 aliphatic carbocycles. The molecule has 0 N–H and O–H groups in total. The van der Waals surface area contributed by atoms with Crippen molar-refractivity contribution in [2.45, 2.75) is 19.8 Å². The van der Waals surface area contributed by atoms with Gasteiger partial charge in [-0.25, -0.2) is 0 Å². The van der Waals surface area contributed by atoms with E-state index in [1.54, 1.807) is 19.1 Å². The van der Waals surface area contributed by atoms with Crippen LogP contribution < -0.4 is 4.74 Å². The predicted octanol–water partition coefficient (Wildman–Crippen LogP) is 3.74. The molecule has 0 radical (unpaired) electrons. The Kier molecular flexibility index (Phi) is 4.52. The lowest BCUT2D eigenvalue weighted by atomic mass is 10.0.